The topological polar surface area (TPSA) is 49.5 Å². The van der Waals surface area contributed by atoms with Gasteiger partial charge in [-0.1, -0.05) is 0 Å². The molecule has 66 valence electrons. The molecule has 1 fully saturated rings. The Kier molecular flexibility index (Phi) is 3.30. The molecule has 3 N–H and O–H groups in total. The number of aliphatic hydroxyl groups is 1. The molecule has 0 aromatic carbocycles. The number of aliphatic hydroxyl groups excluding tert-OH is 1. The molecule has 0 saturated carbocycles. The molecule has 0 bridgehead atoms. The fraction of sp³-hybridized carbons (Fsp3) is 1.00. The minimum absolute atomic E-state index is 0.222. The van der Waals surface area contributed by atoms with E-state index in [0.717, 1.165) is 26.1 Å². The van der Waals surface area contributed by atoms with Crippen molar-refractivity contribution in [1.29, 1.82) is 0 Å². The standard InChI is InChI=1S/C8H18N2O/c1-7(11)5-10-4-2-3-8(9)6-10/h7-8,11H,2-6,9H2,1H3/t7?,8-/m1/s1. The van der Waals surface area contributed by atoms with E-state index in [-0.39, 0.29) is 6.10 Å². The Morgan fingerprint density at radius 2 is 2.45 bits per heavy atom. The van der Waals surface area contributed by atoms with Crippen molar-refractivity contribution in [2.45, 2.75) is 31.9 Å². The summed E-state index contributed by atoms with van der Waals surface area (Å²) in [7, 11) is 0. The summed E-state index contributed by atoms with van der Waals surface area (Å²) in [5, 5.41) is 9.11. The third-order valence-corrected chi connectivity index (χ3v) is 2.06. The van der Waals surface area contributed by atoms with E-state index in [9.17, 15) is 0 Å². The van der Waals surface area contributed by atoms with Crippen molar-refractivity contribution in [3.05, 3.63) is 0 Å². The van der Waals surface area contributed by atoms with Crippen LogP contribution in [-0.4, -0.2) is 41.8 Å². The third-order valence-electron chi connectivity index (χ3n) is 2.06. The molecule has 11 heavy (non-hydrogen) atoms. The van der Waals surface area contributed by atoms with E-state index in [1.807, 2.05) is 6.92 Å². The molecule has 0 radical (unpaired) electrons. The summed E-state index contributed by atoms with van der Waals surface area (Å²) in [4.78, 5) is 2.23. The maximum absolute atomic E-state index is 9.11. The van der Waals surface area contributed by atoms with Gasteiger partial charge in [-0.3, -0.25) is 4.90 Å². The molecule has 1 rings (SSSR count). The van der Waals surface area contributed by atoms with Crippen molar-refractivity contribution in [1.82, 2.24) is 4.90 Å². The normalized spacial score (nSPS) is 30.3. The van der Waals surface area contributed by atoms with E-state index in [0.29, 0.717) is 6.04 Å². The lowest BCUT2D eigenvalue weighted by molar-refractivity contribution is 0.108. The van der Waals surface area contributed by atoms with Crippen LogP contribution in [0, 0.1) is 0 Å². The molecule has 1 unspecified atom stereocenters. The number of nitrogens with two attached hydrogens (primary N) is 1. The summed E-state index contributed by atoms with van der Waals surface area (Å²) < 4.78 is 0. The molecule has 3 nitrogen and oxygen atoms in total. The van der Waals surface area contributed by atoms with E-state index in [1.165, 1.54) is 6.42 Å². The zero-order valence-corrected chi connectivity index (χ0v) is 7.16. The fourth-order valence-corrected chi connectivity index (χ4v) is 1.63. The molecule has 1 aliphatic rings. The quantitative estimate of drug-likeness (QED) is 0.584. The monoisotopic (exact) mass is 158 g/mol. The van der Waals surface area contributed by atoms with Crippen molar-refractivity contribution in [3.8, 4) is 0 Å². The van der Waals surface area contributed by atoms with E-state index in [1.54, 1.807) is 0 Å². The highest BCUT2D eigenvalue weighted by atomic mass is 16.3. The minimum atomic E-state index is -0.222. The van der Waals surface area contributed by atoms with Crippen LogP contribution >= 0.6 is 0 Å². The van der Waals surface area contributed by atoms with Gasteiger partial charge in [-0.25, -0.2) is 0 Å². The first-order chi connectivity index (χ1) is 5.18. The van der Waals surface area contributed by atoms with Gasteiger partial charge in [0.05, 0.1) is 6.10 Å². The molecule has 1 aliphatic heterocycles. The molecule has 0 amide bonds. The van der Waals surface area contributed by atoms with Crippen LogP contribution in [-0.2, 0) is 0 Å². The molecule has 0 aliphatic carbocycles. The number of hydrogen-bond acceptors (Lipinski definition) is 3. The van der Waals surface area contributed by atoms with Crippen LogP contribution in [0.2, 0.25) is 0 Å². The Hall–Kier alpha value is -0.120. The third kappa shape index (κ3) is 3.18. The lowest BCUT2D eigenvalue weighted by atomic mass is 10.1. The molecule has 0 aromatic heterocycles. The molecule has 1 saturated heterocycles. The smallest absolute Gasteiger partial charge is 0.0639 e. The summed E-state index contributed by atoms with van der Waals surface area (Å²) in [6.45, 7) is 4.64. The number of piperidine rings is 1. The Labute approximate surface area is 68.2 Å². The van der Waals surface area contributed by atoms with Crippen LogP contribution < -0.4 is 5.73 Å². The second-order valence-corrected chi connectivity index (χ2v) is 3.51. The Balaban J connectivity index is 2.23. The highest BCUT2D eigenvalue weighted by molar-refractivity contribution is 4.75. The average molecular weight is 158 g/mol. The molecule has 0 aromatic rings. The SMILES string of the molecule is CC(O)CN1CCC[C@@H](N)C1. The highest BCUT2D eigenvalue weighted by Crippen LogP contribution is 2.07. The lowest BCUT2D eigenvalue weighted by Crippen LogP contribution is -2.45. The first-order valence-electron chi connectivity index (χ1n) is 4.34. The molecule has 0 spiro atoms. The number of hydrogen-bond donors (Lipinski definition) is 2. The van der Waals surface area contributed by atoms with Gasteiger partial charge in [0.2, 0.25) is 0 Å². The van der Waals surface area contributed by atoms with Crippen LogP contribution in [0.15, 0.2) is 0 Å². The Morgan fingerprint density at radius 3 is 3.00 bits per heavy atom. The van der Waals surface area contributed by atoms with Crippen LogP contribution in [0.5, 0.6) is 0 Å². The molecule has 3 heteroatoms. The summed E-state index contributed by atoms with van der Waals surface area (Å²) >= 11 is 0. The molecular formula is C8H18N2O. The number of rotatable bonds is 2. The summed E-state index contributed by atoms with van der Waals surface area (Å²) in [6, 6.07) is 0.322. The van der Waals surface area contributed by atoms with Gasteiger partial charge in [0.25, 0.3) is 0 Å². The average Bonchev–Trinajstić information content (AvgIpc) is 1.85. The van der Waals surface area contributed by atoms with Crippen LogP contribution in [0.3, 0.4) is 0 Å². The maximum Gasteiger partial charge on any atom is 0.0639 e. The predicted molar refractivity (Wildman–Crippen MR) is 45.3 cm³/mol. The highest BCUT2D eigenvalue weighted by Gasteiger charge is 2.16. The van der Waals surface area contributed by atoms with Crippen molar-refractivity contribution in [2.24, 2.45) is 5.73 Å². The summed E-state index contributed by atoms with van der Waals surface area (Å²) in [5.74, 6) is 0. The zero-order chi connectivity index (χ0) is 8.27. The molecule has 2 atom stereocenters. The van der Waals surface area contributed by atoms with E-state index in [4.69, 9.17) is 10.8 Å². The van der Waals surface area contributed by atoms with Crippen LogP contribution in [0.25, 0.3) is 0 Å². The van der Waals surface area contributed by atoms with Gasteiger partial charge >= 0.3 is 0 Å². The number of β-amino-alcohol motifs (C(OH)–C–C–N with tert-alkyl or cyclic N) is 1. The van der Waals surface area contributed by atoms with Gasteiger partial charge in [0, 0.05) is 19.1 Å². The first kappa shape index (κ1) is 8.97. The maximum atomic E-state index is 9.11. The lowest BCUT2D eigenvalue weighted by Gasteiger charge is -2.31. The summed E-state index contributed by atoms with van der Waals surface area (Å²) in [6.07, 6.45) is 2.09. The Bertz CT molecular complexity index is 115. The first-order valence-corrected chi connectivity index (χ1v) is 4.34. The van der Waals surface area contributed by atoms with E-state index >= 15 is 0 Å². The van der Waals surface area contributed by atoms with E-state index in [2.05, 4.69) is 4.90 Å². The largest absolute Gasteiger partial charge is 0.392 e. The molecular weight excluding hydrogens is 140 g/mol. The van der Waals surface area contributed by atoms with E-state index < -0.39 is 0 Å². The van der Waals surface area contributed by atoms with Gasteiger partial charge in [0.15, 0.2) is 0 Å². The minimum Gasteiger partial charge on any atom is -0.392 e. The zero-order valence-electron chi connectivity index (χ0n) is 7.16. The van der Waals surface area contributed by atoms with Gasteiger partial charge in [0.1, 0.15) is 0 Å². The van der Waals surface area contributed by atoms with Crippen LogP contribution in [0.4, 0.5) is 0 Å². The fourth-order valence-electron chi connectivity index (χ4n) is 1.63. The van der Waals surface area contributed by atoms with Gasteiger partial charge < -0.3 is 10.8 Å². The van der Waals surface area contributed by atoms with Crippen molar-refractivity contribution in [2.75, 3.05) is 19.6 Å². The number of nitrogens with zero attached hydrogens (tertiary/aromatic N) is 1. The van der Waals surface area contributed by atoms with Gasteiger partial charge in [-0.15, -0.1) is 0 Å². The van der Waals surface area contributed by atoms with Crippen molar-refractivity contribution < 1.29 is 5.11 Å². The second-order valence-electron chi connectivity index (χ2n) is 3.51. The van der Waals surface area contributed by atoms with Gasteiger partial charge in [-0.2, -0.15) is 0 Å². The summed E-state index contributed by atoms with van der Waals surface area (Å²) in [5.41, 5.74) is 5.78. The van der Waals surface area contributed by atoms with Crippen molar-refractivity contribution in [3.63, 3.8) is 0 Å². The van der Waals surface area contributed by atoms with Crippen molar-refractivity contribution >= 4 is 0 Å². The van der Waals surface area contributed by atoms with Crippen LogP contribution in [0.1, 0.15) is 19.8 Å². The van der Waals surface area contributed by atoms with Gasteiger partial charge in [-0.05, 0) is 26.3 Å². The second kappa shape index (κ2) is 4.04. The Morgan fingerprint density at radius 1 is 1.73 bits per heavy atom. The number of likely N-dealkylation sites (tertiary alicyclic amines) is 1. The molecule has 1 heterocycles. The predicted octanol–water partition coefficient (Wildman–Crippen LogP) is -0.210.